The summed E-state index contributed by atoms with van der Waals surface area (Å²) in [6.45, 7) is 2.11. The highest BCUT2D eigenvalue weighted by Gasteiger charge is 2.18. The van der Waals surface area contributed by atoms with Gasteiger partial charge in [0.15, 0.2) is 0 Å². The van der Waals surface area contributed by atoms with E-state index in [1.165, 1.54) is 25.7 Å². The Hall–Kier alpha value is -1.02. The molecule has 0 heterocycles. The molecule has 1 aliphatic carbocycles. The molecule has 1 aliphatic rings. The average molecular weight is 219 g/mol. The first-order valence-corrected chi connectivity index (χ1v) is 6.32. The van der Waals surface area contributed by atoms with Gasteiger partial charge in [-0.3, -0.25) is 0 Å². The van der Waals surface area contributed by atoms with Crippen LogP contribution in [0, 0.1) is 0 Å². The number of ether oxygens (including phenoxy) is 1. The molecule has 0 aromatic heterocycles. The van der Waals surface area contributed by atoms with Gasteiger partial charge in [-0.2, -0.15) is 0 Å². The number of hydrogen-bond acceptors (Lipinski definition) is 2. The third-order valence-corrected chi connectivity index (χ3v) is 3.35. The molecule has 0 bridgehead atoms. The fraction of sp³-hybridized carbons (Fsp3) is 0.571. The van der Waals surface area contributed by atoms with E-state index in [1.54, 1.807) is 0 Å². The van der Waals surface area contributed by atoms with Crippen molar-refractivity contribution in [2.45, 2.75) is 51.2 Å². The minimum absolute atomic E-state index is 0.0950. The Balaban J connectivity index is 2.12. The van der Waals surface area contributed by atoms with Crippen LogP contribution in [0.5, 0.6) is 5.75 Å². The number of hydrogen-bond donors (Lipinski definition) is 1. The van der Waals surface area contributed by atoms with Crippen LogP contribution >= 0.6 is 0 Å². The van der Waals surface area contributed by atoms with E-state index in [0.29, 0.717) is 6.10 Å². The van der Waals surface area contributed by atoms with Crippen LogP contribution in [0.2, 0.25) is 0 Å². The molecule has 88 valence electrons. The predicted octanol–water partition coefficient (Wildman–Crippen LogP) is 3.42. The highest BCUT2D eigenvalue weighted by Crippen LogP contribution is 2.29. The molecule has 1 aromatic rings. The van der Waals surface area contributed by atoms with Crippen molar-refractivity contribution in [1.82, 2.24) is 0 Å². The summed E-state index contributed by atoms with van der Waals surface area (Å²) in [5.74, 6) is 0.990. The van der Waals surface area contributed by atoms with Crippen LogP contribution in [0.15, 0.2) is 24.3 Å². The van der Waals surface area contributed by atoms with Crippen molar-refractivity contribution in [2.24, 2.45) is 5.73 Å². The second-order valence-electron chi connectivity index (χ2n) is 4.58. The summed E-state index contributed by atoms with van der Waals surface area (Å²) < 4.78 is 6.05. The maximum Gasteiger partial charge on any atom is 0.124 e. The fourth-order valence-electron chi connectivity index (χ4n) is 2.30. The molecule has 1 aromatic carbocycles. The summed E-state index contributed by atoms with van der Waals surface area (Å²) in [6.07, 6.45) is 6.33. The van der Waals surface area contributed by atoms with Crippen LogP contribution < -0.4 is 10.5 Å². The molecule has 0 unspecified atom stereocenters. The van der Waals surface area contributed by atoms with Gasteiger partial charge in [0, 0.05) is 11.6 Å². The zero-order valence-corrected chi connectivity index (χ0v) is 9.99. The third kappa shape index (κ3) is 2.56. The Morgan fingerprint density at radius 2 is 2.00 bits per heavy atom. The van der Waals surface area contributed by atoms with Crippen LogP contribution in [-0.4, -0.2) is 6.10 Å². The average Bonchev–Trinajstić information content (AvgIpc) is 2.82. The van der Waals surface area contributed by atoms with Crippen molar-refractivity contribution in [2.75, 3.05) is 0 Å². The first kappa shape index (κ1) is 11.5. The minimum Gasteiger partial charge on any atom is -0.490 e. The van der Waals surface area contributed by atoms with Crippen LogP contribution in [0.4, 0.5) is 0 Å². The molecular formula is C14H21NO. The van der Waals surface area contributed by atoms with Gasteiger partial charge in [0.25, 0.3) is 0 Å². The van der Waals surface area contributed by atoms with E-state index in [0.717, 1.165) is 17.7 Å². The predicted molar refractivity (Wildman–Crippen MR) is 66.5 cm³/mol. The molecule has 2 N–H and O–H groups in total. The van der Waals surface area contributed by atoms with Crippen LogP contribution in [0.25, 0.3) is 0 Å². The van der Waals surface area contributed by atoms with Gasteiger partial charge in [-0.25, -0.2) is 0 Å². The Morgan fingerprint density at radius 3 is 2.69 bits per heavy atom. The number of benzene rings is 1. The van der Waals surface area contributed by atoms with E-state index in [2.05, 4.69) is 13.0 Å². The molecular weight excluding hydrogens is 198 g/mol. The summed E-state index contributed by atoms with van der Waals surface area (Å²) >= 11 is 0. The van der Waals surface area contributed by atoms with Gasteiger partial charge in [0.1, 0.15) is 5.75 Å². The second-order valence-corrected chi connectivity index (χ2v) is 4.58. The highest BCUT2D eigenvalue weighted by atomic mass is 16.5. The molecule has 0 spiro atoms. The molecule has 0 radical (unpaired) electrons. The highest BCUT2D eigenvalue weighted by molar-refractivity contribution is 5.35. The minimum atomic E-state index is 0.0950. The Kier molecular flexibility index (Phi) is 3.83. The summed E-state index contributed by atoms with van der Waals surface area (Å²) in [5.41, 5.74) is 7.24. The smallest absolute Gasteiger partial charge is 0.124 e. The summed E-state index contributed by atoms with van der Waals surface area (Å²) in [6, 6.07) is 8.28. The number of para-hydroxylation sites is 1. The molecule has 1 fully saturated rings. The quantitative estimate of drug-likeness (QED) is 0.842. The van der Waals surface area contributed by atoms with Crippen molar-refractivity contribution < 1.29 is 4.74 Å². The van der Waals surface area contributed by atoms with Crippen molar-refractivity contribution in [3.8, 4) is 5.75 Å². The molecule has 2 nitrogen and oxygen atoms in total. The van der Waals surface area contributed by atoms with Gasteiger partial charge >= 0.3 is 0 Å². The van der Waals surface area contributed by atoms with Gasteiger partial charge in [0.05, 0.1) is 6.10 Å². The fourth-order valence-corrected chi connectivity index (χ4v) is 2.30. The Labute approximate surface area is 97.8 Å². The molecule has 1 atom stereocenters. The molecule has 2 rings (SSSR count). The normalized spacial score (nSPS) is 18.6. The van der Waals surface area contributed by atoms with E-state index in [1.807, 2.05) is 18.2 Å². The molecule has 0 aliphatic heterocycles. The van der Waals surface area contributed by atoms with E-state index in [9.17, 15) is 0 Å². The van der Waals surface area contributed by atoms with E-state index in [-0.39, 0.29) is 6.04 Å². The van der Waals surface area contributed by atoms with Gasteiger partial charge in [0.2, 0.25) is 0 Å². The third-order valence-electron chi connectivity index (χ3n) is 3.35. The lowest BCUT2D eigenvalue weighted by Crippen LogP contribution is -2.15. The van der Waals surface area contributed by atoms with Crippen molar-refractivity contribution in [1.29, 1.82) is 0 Å². The molecule has 2 heteroatoms. The summed E-state index contributed by atoms with van der Waals surface area (Å²) in [7, 11) is 0. The van der Waals surface area contributed by atoms with Gasteiger partial charge in [-0.15, -0.1) is 0 Å². The van der Waals surface area contributed by atoms with Crippen LogP contribution in [0.1, 0.15) is 50.6 Å². The van der Waals surface area contributed by atoms with E-state index < -0.39 is 0 Å². The SMILES string of the molecule is CC[C@@H](N)c1ccccc1OC1CCCC1. The Bertz CT molecular complexity index is 331. The topological polar surface area (TPSA) is 35.2 Å². The first-order chi connectivity index (χ1) is 7.81. The summed E-state index contributed by atoms with van der Waals surface area (Å²) in [4.78, 5) is 0. The zero-order valence-electron chi connectivity index (χ0n) is 9.99. The van der Waals surface area contributed by atoms with Gasteiger partial charge in [-0.1, -0.05) is 25.1 Å². The largest absolute Gasteiger partial charge is 0.490 e. The van der Waals surface area contributed by atoms with Crippen LogP contribution in [0.3, 0.4) is 0 Å². The lowest BCUT2D eigenvalue weighted by Gasteiger charge is -2.19. The Morgan fingerprint density at radius 1 is 1.31 bits per heavy atom. The van der Waals surface area contributed by atoms with Crippen molar-refractivity contribution in [3.05, 3.63) is 29.8 Å². The van der Waals surface area contributed by atoms with E-state index >= 15 is 0 Å². The lowest BCUT2D eigenvalue weighted by atomic mass is 10.0. The number of rotatable bonds is 4. The van der Waals surface area contributed by atoms with Gasteiger partial charge < -0.3 is 10.5 Å². The molecule has 0 amide bonds. The maximum atomic E-state index is 6.09. The second kappa shape index (κ2) is 5.35. The number of nitrogens with two attached hydrogens (primary N) is 1. The summed E-state index contributed by atoms with van der Waals surface area (Å²) in [5, 5.41) is 0. The van der Waals surface area contributed by atoms with Crippen molar-refractivity contribution in [3.63, 3.8) is 0 Å². The van der Waals surface area contributed by atoms with Crippen molar-refractivity contribution >= 4 is 0 Å². The molecule has 0 saturated heterocycles. The lowest BCUT2D eigenvalue weighted by molar-refractivity contribution is 0.207. The maximum absolute atomic E-state index is 6.09. The monoisotopic (exact) mass is 219 g/mol. The first-order valence-electron chi connectivity index (χ1n) is 6.32. The van der Waals surface area contributed by atoms with Crippen LogP contribution in [-0.2, 0) is 0 Å². The van der Waals surface area contributed by atoms with Gasteiger partial charge in [-0.05, 0) is 38.2 Å². The zero-order chi connectivity index (χ0) is 11.4. The standard InChI is InChI=1S/C14H21NO/c1-2-13(15)12-9-5-6-10-14(12)16-11-7-3-4-8-11/h5-6,9-11,13H,2-4,7-8,15H2,1H3/t13-/m1/s1. The molecule has 16 heavy (non-hydrogen) atoms. The van der Waals surface area contributed by atoms with E-state index in [4.69, 9.17) is 10.5 Å². The molecule has 1 saturated carbocycles.